The Morgan fingerprint density at radius 1 is 0.920 bits per heavy atom. The first-order chi connectivity index (χ1) is 12.3. The Labute approximate surface area is 147 Å². The molecule has 0 radical (unpaired) electrons. The maximum absolute atomic E-state index is 12.0. The number of aromatic nitrogens is 1. The molecule has 1 heterocycles. The largest absolute Gasteiger partial charge is 0.352 e. The first-order valence-corrected chi connectivity index (χ1v) is 8.13. The number of nitrogens with zero attached hydrogens (tertiary/aromatic N) is 2. The minimum absolute atomic E-state index is 0.0110. The minimum atomic E-state index is 0.0110. The molecule has 0 aliphatic carbocycles. The van der Waals surface area contributed by atoms with Crippen molar-refractivity contribution >= 4 is 17.8 Å². The number of aliphatic imine (C=N–C) groups is 1. The molecule has 4 nitrogen and oxygen atoms in total. The van der Waals surface area contributed by atoms with E-state index in [0.717, 1.165) is 22.4 Å². The van der Waals surface area contributed by atoms with Crippen molar-refractivity contribution in [1.82, 2.24) is 10.3 Å². The highest BCUT2D eigenvalue weighted by atomic mass is 16.1. The van der Waals surface area contributed by atoms with Crippen molar-refractivity contribution in [2.45, 2.75) is 13.0 Å². The number of hydrogen-bond acceptors (Lipinski definition) is 3. The quantitative estimate of drug-likeness (QED) is 0.701. The van der Waals surface area contributed by atoms with Gasteiger partial charge >= 0.3 is 0 Å². The number of rotatable bonds is 6. The molecule has 0 fully saturated rings. The molecule has 3 aromatic rings. The maximum Gasteiger partial charge on any atom is 0.224 e. The normalized spacial score (nSPS) is 10.7. The maximum atomic E-state index is 12.0. The number of amides is 1. The number of hydrogen-bond donors (Lipinski definition) is 1. The van der Waals surface area contributed by atoms with Crippen LogP contribution >= 0.6 is 0 Å². The molecule has 3 rings (SSSR count). The van der Waals surface area contributed by atoms with Crippen LogP contribution in [-0.4, -0.2) is 17.1 Å². The van der Waals surface area contributed by atoms with Gasteiger partial charge in [-0.25, -0.2) is 0 Å². The third-order valence-electron chi connectivity index (χ3n) is 3.70. The summed E-state index contributed by atoms with van der Waals surface area (Å²) in [7, 11) is 0. The fourth-order valence-electron chi connectivity index (χ4n) is 2.34. The van der Waals surface area contributed by atoms with E-state index in [0.29, 0.717) is 13.0 Å². The lowest BCUT2D eigenvalue weighted by molar-refractivity contribution is -0.120. The zero-order valence-electron chi connectivity index (χ0n) is 13.8. The Bertz CT molecular complexity index is 828. The summed E-state index contributed by atoms with van der Waals surface area (Å²) in [6.07, 6.45) is 5.63. The smallest absolute Gasteiger partial charge is 0.224 e. The Balaban J connectivity index is 1.52. The van der Waals surface area contributed by atoms with Crippen molar-refractivity contribution in [2.24, 2.45) is 4.99 Å². The van der Waals surface area contributed by atoms with Gasteiger partial charge in [0.1, 0.15) is 0 Å². The predicted octanol–water partition coefficient (Wildman–Crippen LogP) is 3.69. The molecule has 1 N–H and O–H groups in total. The van der Waals surface area contributed by atoms with Gasteiger partial charge in [0.15, 0.2) is 0 Å². The third-order valence-corrected chi connectivity index (χ3v) is 3.70. The van der Waals surface area contributed by atoms with Gasteiger partial charge in [-0.1, -0.05) is 42.5 Å². The molecule has 0 atom stereocenters. The molecule has 0 spiro atoms. The summed E-state index contributed by atoms with van der Waals surface area (Å²) in [6.45, 7) is 0.550. The van der Waals surface area contributed by atoms with E-state index in [1.54, 1.807) is 18.6 Å². The average Bonchev–Trinajstić information content (AvgIpc) is 2.67. The fourth-order valence-corrected chi connectivity index (χ4v) is 2.34. The van der Waals surface area contributed by atoms with E-state index < -0.39 is 0 Å². The molecule has 0 unspecified atom stereocenters. The van der Waals surface area contributed by atoms with Gasteiger partial charge in [-0.05, 0) is 41.0 Å². The lowest BCUT2D eigenvalue weighted by Gasteiger charge is -2.05. The van der Waals surface area contributed by atoms with Crippen LogP contribution < -0.4 is 5.32 Å². The molecule has 0 saturated carbocycles. The highest BCUT2D eigenvalue weighted by Gasteiger charge is 2.03. The molecule has 0 aliphatic rings. The van der Waals surface area contributed by atoms with Crippen LogP contribution in [0.25, 0.3) is 0 Å². The molecule has 2 aromatic carbocycles. The summed E-state index contributed by atoms with van der Waals surface area (Å²) in [5.74, 6) is 0.0110. The average molecular weight is 329 g/mol. The first-order valence-electron chi connectivity index (χ1n) is 8.13. The van der Waals surface area contributed by atoms with E-state index in [9.17, 15) is 4.79 Å². The van der Waals surface area contributed by atoms with Crippen LogP contribution in [0.15, 0.2) is 84.1 Å². The second kappa shape index (κ2) is 8.55. The van der Waals surface area contributed by atoms with Crippen molar-refractivity contribution < 1.29 is 4.79 Å². The zero-order chi connectivity index (χ0) is 17.3. The van der Waals surface area contributed by atoms with Gasteiger partial charge < -0.3 is 5.32 Å². The summed E-state index contributed by atoms with van der Waals surface area (Å²) in [5.41, 5.74) is 3.91. The summed E-state index contributed by atoms with van der Waals surface area (Å²) < 4.78 is 0. The summed E-state index contributed by atoms with van der Waals surface area (Å²) in [5, 5.41) is 2.93. The van der Waals surface area contributed by atoms with Gasteiger partial charge in [0.05, 0.1) is 12.1 Å². The van der Waals surface area contributed by atoms with Crippen molar-refractivity contribution in [3.63, 3.8) is 0 Å². The number of pyridine rings is 1. The van der Waals surface area contributed by atoms with Crippen LogP contribution in [0.1, 0.15) is 16.7 Å². The van der Waals surface area contributed by atoms with Crippen molar-refractivity contribution in [3.8, 4) is 0 Å². The standard InChI is InChI=1S/C21H19N3O/c25-21(24-16-18-4-2-1-3-5-18)14-17-6-8-20(9-7-17)23-15-19-10-12-22-13-11-19/h1-13,15H,14,16H2,(H,24,25). The van der Waals surface area contributed by atoms with Crippen LogP contribution in [-0.2, 0) is 17.8 Å². The number of carbonyl (C=O) groups is 1. The topological polar surface area (TPSA) is 54.4 Å². The highest BCUT2D eigenvalue weighted by Crippen LogP contribution is 2.13. The second-order valence-electron chi connectivity index (χ2n) is 5.64. The Kier molecular flexibility index (Phi) is 5.67. The molecule has 1 aromatic heterocycles. The predicted molar refractivity (Wildman–Crippen MR) is 99.9 cm³/mol. The van der Waals surface area contributed by atoms with Crippen molar-refractivity contribution in [1.29, 1.82) is 0 Å². The summed E-state index contributed by atoms with van der Waals surface area (Å²) >= 11 is 0. The van der Waals surface area contributed by atoms with E-state index in [1.807, 2.05) is 66.7 Å². The lowest BCUT2D eigenvalue weighted by Crippen LogP contribution is -2.24. The van der Waals surface area contributed by atoms with Crippen LogP contribution in [0.2, 0.25) is 0 Å². The van der Waals surface area contributed by atoms with Gasteiger partial charge in [-0.15, -0.1) is 0 Å². The first kappa shape index (κ1) is 16.6. The third kappa shape index (κ3) is 5.39. The lowest BCUT2D eigenvalue weighted by atomic mass is 10.1. The molecule has 0 aliphatic heterocycles. The molecule has 4 heteroatoms. The van der Waals surface area contributed by atoms with Gasteiger partial charge in [0.25, 0.3) is 0 Å². The van der Waals surface area contributed by atoms with E-state index >= 15 is 0 Å². The highest BCUT2D eigenvalue weighted by molar-refractivity contribution is 5.82. The Morgan fingerprint density at radius 2 is 1.64 bits per heavy atom. The molecular weight excluding hydrogens is 310 g/mol. The van der Waals surface area contributed by atoms with E-state index in [4.69, 9.17) is 0 Å². The van der Waals surface area contributed by atoms with Crippen LogP contribution in [0.5, 0.6) is 0 Å². The van der Waals surface area contributed by atoms with Crippen LogP contribution in [0.4, 0.5) is 5.69 Å². The van der Waals surface area contributed by atoms with E-state index in [-0.39, 0.29) is 5.91 Å². The van der Waals surface area contributed by atoms with E-state index in [1.165, 1.54) is 0 Å². The second-order valence-corrected chi connectivity index (χ2v) is 5.64. The Hall–Kier alpha value is -3.27. The van der Waals surface area contributed by atoms with Crippen molar-refractivity contribution in [3.05, 3.63) is 95.8 Å². The van der Waals surface area contributed by atoms with Gasteiger partial charge in [-0.3, -0.25) is 14.8 Å². The molecular formula is C21H19N3O. The van der Waals surface area contributed by atoms with Gasteiger partial charge in [0, 0.05) is 25.2 Å². The molecule has 0 saturated heterocycles. The minimum Gasteiger partial charge on any atom is -0.352 e. The molecule has 0 bridgehead atoms. The van der Waals surface area contributed by atoms with E-state index in [2.05, 4.69) is 15.3 Å². The molecule has 124 valence electrons. The van der Waals surface area contributed by atoms with Crippen LogP contribution in [0.3, 0.4) is 0 Å². The fraction of sp³-hybridized carbons (Fsp3) is 0.0952. The molecule has 25 heavy (non-hydrogen) atoms. The number of carbonyl (C=O) groups excluding carboxylic acids is 1. The number of benzene rings is 2. The molecule has 1 amide bonds. The van der Waals surface area contributed by atoms with Crippen LogP contribution in [0, 0.1) is 0 Å². The van der Waals surface area contributed by atoms with Crippen molar-refractivity contribution in [2.75, 3.05) is 0 Å². The van der Waals surface area contributed by atoms with Gasteiger partial charge in [-0.2, -0.15) is 0 Å². The Morgan fingerprint density at radius 3 is 2.36 bits per heavy atom. The van der Waals surface area contributed by atoms with Gasteiger partial charge in [0.2, 0.25) is 5.91 Å². The summed E-state index contributed by atoms with van der Waals surface area (Å²) in [4.78, 5) is 20.4. The SMILES string of the molecule is O=C(Cc1ccc(N=Cc2ccncc2)cc1)NCc1ccccc1. The number of nitrogens with one attached hydrogen (secondary N) is 1. The zero-order valence-corrected chi connectivity index (χ0v) is 13.8. The summed E-state index contributed by atoms with van der Waals surface area (Å²) in [6, 6.07) is 21.4. The monoisotopic (exact) mass is 329 g/mol.